The van der Waals surface area contributed by atoms with Crippen molar-refractivity contribution in [3.8, 4) is 11.1 Å². The summed E-state index contributed by atoms with van der Waals surface area (Å²) in [4.78, 5) is 65.9. The first-order valence-electron chi connectivity index (χ1n) is 12.3. The number of aryl methyl sites for hydroxylation is 2. The van der Waals surface area contributed by atoms with Gasteiger partial charge in [-0.05, 0) is 42.7 Å². The smallest absolute Gasteiger partial charge is 0.264 e. The molecule has 0 saturated carbocycles. The van der Waals surface area contributed by atoms with E-state index >= 15 is 0 Å². The molecule has 1 unspecified atom stereocenters. The molecule has 0 aliphatic carbocycles. The van der Waals surface area contributed by atoms with Crippen molar-refractivity contribution in [3.05, 3.63) is 59.4 Å². The largest absolute Gasteiger partial charge is 0.354 e. The van der Waals surface area contributed by atoms with Crippen molar-refractivity contribution in [2.45, 2.75) is 31.7 Å². The van der Waals surface area contributed by atoms with Crippen molar-refractivity contribution in [2.24, 2.45) is 7.05 Å². The van der Waals surface area contributed by atoms with Crippen LogP contribution in [-0.2, 0) is 27.9 Å². The quantitative estimate of drug-likeness (QED) is 0.512. The maximum atomic E-state index is 13.6. The third-order valence-electron chi connectivity index (χ3n) is 7.32. The normalized spacial score (nSPS) is 19.0. The first kappa shape index (κ1) is 23.6. The zero-order chi connectivity index (χ0) is 26.7. The summed E-state index contributed by atoms with van der Waals surface area (Å²) in [5.41, 5.74) is 4.81. The van der Waals surface area contributed by atoms with Gasteiger partial charge in [-0.3, -0.25) is 38.9 Å². The Hall–Kier alpha value is -4.80. The molecule has 11 nitrogen and oxygen atoms in total. The average molecular weight is 513 g/mol. The summed E-state index contributed by atoms with van der Waals surface area (Å²) >= 11 is 0. The van der Waals surface area contributed by atoms with Crippen LogP contribution in [0.3, 0.4) is 0 Å². The molecule has 38 heavy (non-hydrogen) atoms. The summed E-state index contributed by atoms with van der Waals surface area (Å²) in [5, 5.41) is 9.83. The second-order valence-electron chi connectivity index (χ2n) is 9.68. The van der Waals surface area contributed by atoms with Crippen LogP contribution in [0.2, 0.25) is 0 Å². The highest BCUT2D eigenvalue weighted by Gasteiger charge is 2.45. The number of fused-ring (bicyclic) bond motifs is 2. The Morgan fingerprint density at radius 2 is 1.76 bits per heavy atom. The molecular formula is C27H24N6O5. The van der Waals surface area contributed by atoms with Gasteiger partial charge in [-0.1, -0.05) is 6.07 Å². The minimum atomic E-state index is -1.05. The van der Waals surface area contributed by atoms with Crippen LogP contribution in [0.5, 0.6) is 0 Å². The molecule has 3 aromatic rings. The SMILES string of the molecule is CN1C(=O)CCc2cc(-c3cnn(C)c3)c(Nc3cccc4c3C(=O)N(C3CCC(=O)NC3=O)C4=O)cc21. The maximum absolute atomic E-state index is 13.6. The lowest BCUT2D eigenvalue weighted by Gasteiger charge is -2.28. The second-order valence-corrected chi connectivity index (χ2v) is 9.68. The van der Waals surface area contributed by atoms with Gasteiger partial charge >= 0.3 is 0 Å². The first-order chi connectivity index (χ1) is 18.2. The number of benzene rings is 2. The molecule has 11 heteroatoms. The Bertz CT molecular complexity index is 1570. The molecule has 4 heterocycles. The Balaban J connectivity index is 1.43. The van der Waals surface area contributed by atoms with Crippen LogP contribution in [-0.4, -0.2) is 57.3 Å². The summed E-state index contributed by atoms with van der Waals surface area (Å²) in [6, 6.07) is 7.74. The monoisotopic (exact) mass is 512 g/mol. The number of hydrogen-bond donors (Lipinski definition) is 2. The molecule has 1 atom stereocenters. The van der Waals surface area contributed by atoms with Gasteiger partial charge in [-0.15, -0.1) is 0 Å². The van der Waals surface area contributed by atoms with Gasteiger partial charge < -0.3 is 10.2 Å². The molecule has 1 saturated heterocycles. The van der Waals surface area contributed by atoms with Crippen LogP contribution in [0.1, 0.15) is 45.5 Å². The zero-order valence-electron chi connectivity index (χ0n) is 20.8. The lowest BCUT2D eigenvalue weighted by molar-refractivity contribution is -0.136. The molecule has 5 amide bonds. The highest BCUT2D eigenvalue weighted by Crippen LogP contribution is 2.40. The van der Waals surface area contributed by atoms with E-state index in [9.17, 15) is 24.0 Å². The van der Waals surface area contributed by atoms with Crippen molar-refractivity contribution < 1.29 is 24.0 Å². The van der Waals surface area contributed by atoms with E-state index in [2.05, 4.69) is 15.7 Å². The van der Waals surface area contributed by atoms with Gasteiger partial charge in [-0.2, -0.15) is 5.10 Å². The van der Waals surface area contributed by atoms with Crippen LogP contribution in [0.25, 0.3) is 11.1 Å². The van der Waals surface area contributed by atoms with E-state index in [1.165, 1.54) is 0 Å². The van der Waals surface area contributed by atoms with Crippen LogP contribution >= 0.6 is 0 Å². The molecule has 0 spiro atoms. The fourth-order valence-corrected chi connectivity index (χ4v) is 5.36. The molecule has 192 valence electrons. The Kier molecular flexibility index (Phi) is 5.37. The molecule has 1 fully saturated rings. The maximum Gasteiger partial charge on any atom is 0.264 e. The van der Waals surface area contributed by atoms with Gasteiger partial charge in [0.1, 0.15) is 6.04 Å². The number of carbonyl (C=O) groups excluding carboxylic acids is 5. The topological polar surface area (TPSA) is 134 Å². The number of anilines is 3. The van der Waals surface area contributed by atoms with Gasteiger partial charge in [0.05, 0.1) is 23.0 Å². The molecule has 3 aliphatic heterocycles. The van der Waals surface area contributed by atoms with E-state index in [0.717, 1.165) is 27.3 Å². The predicted molar refractivity (Wildman–Crippen MR) is 137 cm³/mol. The third-order valence-corrected chi connectivity index (χ3v) is 7.32. The van der Waals surface area contributed by atoms with E-state index in [1.54, 1.807) is 41.0 Å². The number of nitrogens with zero attached hydrogens (tertiary/aromatic N) is 4. The van der Waals surface area contributed by atoms with Gasteiger partial charge in [0.15, 0.2) is 0 Å². The Morgan fingerprint density at radius 1 is 0.947 bits per heavy atom. The fourth-order valence-electron chi connectivity index (χ4n) is 5.36. The molecule has 6 rings (SSSR count). The van der Waals surface area contributed by atoms with Gasteiger partial charge in [-0.25, -0.2) is 0 Å². The third kappa shape index (κ3) is 3.66. The predicted octanol–water partition coefficient (Wildman–Crippen LogP) is 2.14. The lowest BCUT2D eigenvalue weighted by atomic mass is 9.95. The van der Waals surface area contributed by atoms with Crippen molar-refractivity contribution >= 4 is 46.6 Å². The minimum absolute atomic E-state index is 0.0128. The molecule has 0 bridgehead atoms. The molecule has 0 radical (unpaired) electrons. The van der Waals surface area contributed by atoms with E-state index in [0.29, 0.717) is 24.2 Å². The molecule has 1 aromatic heterocycles. The minimum Gasteiger partial charge on any atom is -0.354 e. The van der Waals surface area contributed by atoms with Gasteiger partial charge in [0.25, 0.3) is 11.8 Å². The van der Waals surface area contributed by atoms with E-state index < -0.39 is 29.7 Å². The lowest BCUT2D eigenvalue weighted by Crippen LogP contribution is -2.54. The van der Waals surface area contributed by atoms with Crippen LogP contribution < -0.4 is 15.5 Å². The van der Waals surface area contributed by atoms with Crippen molar-refractivity contribution in [1.82, 2.24) is 20.0 Å². The molecule has 2 aromatic carbocycles. The van der Waals surface area contributed by atoms with Gasteiger partial charge in [0.2, 0.25) is 17.7 Å². The Labute approximate surface area is 217 Å². The number of nitrogens with one attached hydrogen (secondary N) is 2. The molecule has 3 aliphatic rings. The Morgan fingerprint density at radius 3 is 2.50 bits per heavy atom. The number of aromatic nitrogens is 2. The zero-order valence-corrected chi connectivity index (χ0v) is 20.8. The van der Waals surface area contributed by atoms with Crippen molar-refractivity contribution in [3.63, 3.8) is 0 Å². The first-order valence-corrected chi connectivity index (χ1v) is 12.3. The number of rotatable bonds is 4. The summed E-state index contributed by atoms with van der Waals surface area (Å²) in [6.07, 6.45) is 4.77. The highest BCUT2D eigenvalue weighted by molar-refractivity contribution is 6.25. The van der Waals surface area contributed by atoms with Crippen LogP contribution in [0.4, 0.5) is 17.1 Å². The van der Waals surface area contributed by atoms with E-state index in [-0.39, 0.29) is 29.9 Å². The molecule has 2 N–H and O–H groups in total. The second kappa shape index (κ2) is 8.65. The number of amides is 5. The standard InChI is InChI=1S/C27H24N6O5/c1-31-13-15(12-28-31)17-10-14-6-9-23(35)32(2)21(14)11-19(17)29-18-5-3-4-16-24(18)27(38)33(26(16)37)20-7-8-22(34)30-25(20)36/h3-5,10-13,20,29H,6-9H2,1-2H3,(H,30,34,36). The summed E-state index contributed by atoms with van der Waals surface area (Å²) in [7, 11) is 3.55. The molecular weight excluding hydrogens is 488 g/mol. The highest BCUT2D eigenvalue weighted by atomic mass is 16.2. The summed E-state index contributed by atoms with van der Waals surface area (Å²) in [6.45, 7) is 0. The summed E-state index contributed by atoms with van der Waals surface area (Å²) < 4.78 is 1.69. The number of piperidine rings is 1. The van der Waals surface area contributed by atoms with Crippen molar-refractivity contribution in [2.75, 3.05) is 17.3 Å². The van der Waals surface area contributed by atoms with Gasteiger partial charge in [0, 0.05) is 55.6 Å². The van der Waals surface area contributed by atoms with Crippen molar-refractivity contribution in [1.29, 1.82) is 0 Å². The number of hydrogen-bond acceptors (Lipinski definition) is 7. The van der Waals surface area contributed by atoms with E-state index in [1.807, 2.05) is 25.4 Å². The van der Waals surface area contributed by atoms with E-state index in [4.69, 9.17) is 0 Å². The van der Waals surface area contributed by atoms with Crippen LogP contribution in [0, 0.1) is 0 Å². The fraction of sp³-hybridized carbons (Fsp3) is 0.259. The number of carbonyl (C=O) groups is 5. The summed E-state index contributed by atoms with van der Waals surface area (Å²) in [5.74, 6) is -2.25. The average Bonchev–Trinajstić information content (AvgIpc) is 3.43. The number of imide groups is 2. The van der Waals surface area contributed by atoms with Crippen LogP contribution in [0.15, 0.2) is 42.7 Å².